The van der Waals surface area contributed by atoms with Gasteiger partial charge in [0.2, 0.25) is 0 Å². The van der Waals surface area contributed by atoms with Crippen LogP contribution in [0.25, 0.3) is 0 Å². The lowest BCUT2D eigenvalue weighted by Gasteiger charge is -2.34. The Kier molecular flexibility index (Phi) is 7.84. The Balaban J connectivity index is 2.00. The van der Waals surface area contributed by atoms with E-state index in [4.69, 9.17) is 0 Å². The largest absolute Gasteiger partial charge is 0.481 e. The summed E-state index contributed by atoms with van der Waals surface area (Å²) in [7, 11) is 0. The Labute approximate surface area is 166 Å². The van der Waals surface area contributed by atoms with Crippen molar-refractivity contribution in [2.45, 2.75) is 40.0 Å². The minimum Gasteiger partial charge on any atom is -0.481 e. The average molecular weight is 389 g/mol. The van der Waals surface area contributed by atoms with Crippen LogP contribution in [0.3, 0.4) is 0 Å². The zero-order valence-corrected chi connectivity index (χ0v) is 17.0. The molecule has 0 bridgehead atoms. The van der Waals surface area contributed by atoms with Gasteiger partial charge >= 0.3 is 12.0 Å². The average Bonchev–Trinajstić information content (AvgIpc) is 2.67. The lowest BCUT2D eigenvalue weighted by Crippen LogP contribution is -2.47. The number of hydrogen-bond acceptors (Lipinski definition) is 3. The number of piperidine rings is 1. The normalized spacial score (nSPS) is 19.2. The number of benzene rings is 1. The smallest absolute Gasteiger partial charge is 0.321 e. The number of carbonyl (C=O) groups is 3. The maximum absolute atomic E-state index is 12.6. The van der Waals surface area contributed by atoms with Gasteiger partial charge in [0.15, 0.2) is 0 Å². The summed E-state index contributed by atoms with van der Waals surface area (Å²) in [5.41, 5.74) is 1.18. The molecule has 1 aliphatic heterocycles. The van der Waals surface area contributed by atoms with Crippen molar-refractivity contribution in [3.05, 3.63) is 29.8 Å². The molecule has 1 fully saturated rings. The number of rotatable bonds is 7. The highest BCUT2D eigenvalue weighted by molar-refractivity contribution is 5.95. The van der Waals surface area contributed by atoms with Crippen molar-refractivity contribution in [1.82, 2.24) is 9.80 Å². The number of nitrogens with one attached hydrogen (secondary N) is 1. The van der Waals surface area contributed by atoms with Crippen molar-refractivity contribution in [3.63, 3.8) is 0 Å². The Morgan fingerprint density at radius 1 is 1.11 bits per heavy atom. The molecule has 2 unspecified atom stereocenters. The molecule has 2 N–H and O–H groups in total. The summed E-state index contributed by atoms with van der Waals surface area (Å²) in [5.74, 6) is -1.26. The number of urea groups is 1. The maximum atomic E-state index is 12.6. The van der Waals surface area contributed by atoms with Crippen LogP contribution in [0.1, 0.15) is 50.4 Å². The number of amides is 3. The summed E-state index contributed by atoms with van der Waals surface area (Å²) < 4.78 is 0. The molecule has 154 valence electrons. The highest BCUT2D eigenvalue weighted by atomic mass is 16.4. The highest BCUT2D eigenvalue weighted by Crippen LogP contribution is 2.23. The van der Waals surface area contributed by atoms with Gasteiger partial charge in [-0.05, 0) is 49.4 Å². The number of hydrogen-bond donors (Lipinski definition) is 2. The molecule has 1 aromatic carbocycles. The fourth-order valence-corrected chi connectivity index (χ4v) is 3.63. The molecular weight excluding hydrogens is 358 g/mol. The fourth-order valence-electron chi connectivity index (χ4n) is 3.63. The third-order valence-corrected chi connectivity index (χ3v) is 4.95. The summed E-state index contributed by atoms with van der Waals surface area (Å²) in [4.78, 5) is 39.8. The Morgan fingerprint density at radius 2 is 1.71 bits per heavy atom. The van der Waals surface area contributed by atoms with Crippen molar-refractivity contribution in [3.8, 4) is 0 Å². The standard InChI is InChI=1S/C21H31N3O4/c1-4-10-23(11-5-2)19(25)16-6-8-18(9-7-16)22-21(28)24-13-15(3)12-17(14-24)20(26)27/h6-9,15,17H,4-5,10-14H2,1-3H3,(H,22,28)(H,26,27). The van der Waals surface area contributed by atoms with Gasteiger partial charge < -0.3 is 20.2 Å². The Hall–Kier alpha value is -2.57. The van der Waals surface area contributed by atoms with Crippen LogP contribution in [0.2, 0.25) is 0 Å². The topological polar surface area (TPSA) is 90.0 Å². The molecule has 28 heavy (non-hydrogen) atoms. The van der Waals surface area contributed by atoms with Crippen LogP contribution in [0, 0.1) is 11.8 Å². The number of carboxylic acids is 1. The molecule has 7 heteroatoms. The van der Waals surface area contributed by atoms with Crippen LogP contribution in [0.15, 0.2) is 24.3 Å². The van der Waals surface area contributed by atoms with Crippen LogP contribution >= 0.6 is 0 Å². The molecule has 0 aromatic heterocycles. The van der Waals surface area contributed by atoms with E-state index in [-0.39, 0.29) is 24.4 Å². The minimum atomic E-state index is -0.865. The molecule has 7 nitrogen and oxygen atoms in total. The van der Waals surface area contributed by atoms with Gasteiger partial charge in [-0.1, -0.05) is 20.8 Å². The van der Waals surface area contributed by atoms with Crippen LogP contribution in [0.4, 0.5) is 10.5 Å². The molecule has 1 aromatic rings. The van der Waals surface area contributed by atoms with Crippen LogP contribution in [-0.2, 0) is 4.79 Å². The number of carboxylic acid groups (broad SMARTS) is 1. The van der Waals surface area contributed by atoms with E-state index in [0.717, 1.165) is 25.9 Å². The molecule has 1 saturated heterocycles. The maximum Gasteiger partial charge on any atom is 0.321 e. The first-order chi connectivity index (χ1) is 13.3. The van der Waals surface area contributed by atoms with E-state index < -0.39 is 11.9 Å². The number of carbonyl (C=O) groups excluding carboxylic acids is 2. The Bertz CT molecular complexity index is 683. The summed E-state index contributed by atoms with van der Waals surface area (Å²) >= 11 is 0. The second-order valence-electron chi connectivity index (χ2n) is 7.58. The van der Waals surface area contributed by atoms with Gasteiger partial charge in [0.1, 0.15) is 0 Å². The summed E-state index contributed by atoms with van der Waals surface area (Å²) in [5, 5.41) is 12.1. The molecule has 1 heterocycles. The summed E-state index contributed by atoms with van der Waals surface area (Å²) in [6.07, 6.45) is 2.40. The first kappa shape index (κ1) is 21.7. The number of aliphatic carboxylic acids is 1. The van der Waals surface area contributed by atoms with E-state index in [1.54, 1.807) is 29.2 Å². The zero-order valence-electron chi connectivity index (χ0n) is 17.0. The van der Waals surface area contributed by atoms with Crippen molar-refractivity contribution in [1.29, 1.82) is 0 Å². The molecule has 0 spiro atoms. The van der Waals surface area contributed by atoms with Crippen molar-refractivity contribution in [2.75, 3.05) is 31.5 Å². The van der Waals surface area contributed by atoms with Gasteiger partial charge in [0, 0.05) is 37.4 Å². The van der Waals surface area contributed by atoms with E-state index in [1.807, 2.05) is 25.7 Å². The monoisotopic (exact) mass is 389 g/mol. The zero-order chi connectivity index (χ0) is 20.7. The first-order valence-corrected chi connectivity index (χ1v) is 10.0. The van der Waals surface area contributed by atoms with E-state index in [2.05, 4.69) is 5.32 Å². The lowest BCUT2D eigenvalue weighted by molar-refractivity contribution is -0.143. The van der Waals surface area contributed by atoms with E-state index in [1.165, 1.54) is 0 Å². The van der Waals surface area contributed by atoms with Crippen molar-refractivity contribution < 1.29 is 19.5 Å². The molecule has 0 saturated carbocycles. The van der Waals surface area contributed by atoms with Gasteiger partial charge in [-0.3, -0.25) is 9.59 Å². The third kappa shape index (κ3) is 5.71. The summed E-state index contributed by atoms with van der Waals surface area (Å²) in [6, 6.07) is 6.55. The van der Waals surface area contributed by atoms with Crippen LogP contribution < -0.4 is 5.32 Å². The summed E-state index contributed by atoms with van der Waals surface area (Å²) in [6.45, 7) is 8.25. The fraction of sp³-hybridized carbons (Fsp3) is 0.571. The predicted octanol–water partition coefficient (Wildman–Crippen LogP) is 3.52. The van der Waals surface area contributed by atoms with Crippen molar-refractivity contribution >= 4 is 23.6 Å². The van der Waals surface area contributed by atoms with Crippen LogP contribution in [0.5, 0.6) is 0 Å². The van der Waals surface area contributed by atoms with Gasteiger partial charge in [-0.2, -0.15) is 0 Å². The quantitative estimate of drug-likeness (QED) is 0.746. The molecule has 1 aliphatic rings. The molecule has 2 atom stereocenters. The van der Waals surface area contributed by atoms with Crippen molar-refractivity contribution in [2.24, 2.45) is 11.8 Å². The first-order valence-electron chi connectivity index (χ1n) is 10.0. The lowest BCUT2D eigenvalue weighted by atomic mass is 9.91. The molecule has 2 rings (SSSR count). The molecule has 0 aliphatic carbocycles. The van der Waals surface area contributed by atoms with Gasteiger partial charge in [-0.25, -0.2) is 4.79 Å². The third-order valence-electron chi connectivity index (χ3n) is 4.95. The van der Waals surface area contributed by atoms with E-state index in [9.17, 15) is 19.5 Å². The van der Waals surface area contributed by atoms with Gasteiger partial charge in [-0.15, -0.1) is 0 Å². The second-order valence-corrected chi connectivity index (χ2v) is 7.58. The second kappa shape index (κ2) is 10.1. The van der Waals surface area contributed by atoms with E-state index in [0.29, 0.717) is 24.2 Å². The Morgan fingerprint density at radius 3 is 2.25 bits per heavy atom. The molecule has 3 amide bonds. The van der Waals surface area contributed by atoms with Gasteiger partial charge in [0.25, 0.3) is 5.91 Å². The number of likely N-dealkylation sites (tertiary alicyclic amines) is 1. The van der Waals surface area contributed by atoms with Crippen LogP contribution in [-0.4, -0.2) is 59.0 Å². The molecular formula is C21H31N3O4. The highest BCUT2D eigenvalue weighted by Gasteiger charge is 2.31. The molecule has 0 radical (unpaired) electrons. The minimum absolute atomic E-state index is 0.00395. The SMILES string of the molecule is CCCN(CCC)C(=O)c1ccc(NC(=O)N2CC(C)CC(C(=O)O)C2)cc1. The van der Waals surface area contributed by atoms with Gasteiger partial charge in [0.05, 0.1) is 5.92 Å². The van der Waals surface area contributed by atoms with E-state index >= 15 is 0 Å². The predicted molar refractivity (Wildman–Crippen MR) is 108 cm³/mol. The number of anilines is 1. The number of nitrogens with zero attached hydrogens (tertiary/aromatic N) is 2.